The van der Waals surface area contributed by atoms with Gasteiger partial charge >= 0.3 is 0 Å². The van der Waals surface area contributed by atoms with Crippen molar-refractivity contribution in [2.24, 2.45) is 0 Å². The highest BCUT2D eigenvalue weighted by Gasteiger charge is 2.27. The van der Waals surface area contributed by atoms with Crippen molar-refractivity contribution in [3.8, 4) is 17.1 Å². The van der Waals surface area contributed by atoms with Crippen molar-refractivity contribution in [1.82, 2.24) is 15.0 Å². The van der Waals surface area contributed by atoms with E-state index < -0.39 is 0 Å². The highest BCUT2D eigenvalue weighted by molar-refractivity contribution is 5.65. The molecular weight excluding hydrogens is 290 g/mol. The normalized spacial score (nSPS) is 12.4. The van der Waals surface area contributed by atoms with E-state index in [1.165, 1.54) is 0 Å². The molecular formula is C17H25N5O. The molecule has 0 saturated carbocycles. The van der Waals surface area contributed by atoms with Crippen molar-refractivity contribution >= 4 is 11.9 Å². The van der Waals surface area contributed by atoms with Gasteiger partial charge in [-0.15, -0.1) is 0 Å². The van der Waals surface area contributed by atoms with Crippen molar-refractivity contribution in [3.63, 3.8) is 0 Å². The van der Waals surface area contributed by atoms with E-state index in [0.717, 1.165) is 16.7 Å². The molecule has 0 atom stereocenters. The van der Waals surface area contributed by atoms with E-state index in [1.807, 2.05) is 12.1 Å². The molecule has 2 rings (SSSR count). The molecule has 0 radical (unpaired) electrons. The third-order valence-electron chi connectivity index (χ3n) is 3.65. The van der Waals surface area contributed by atoms with Gasteiger partial charge in [0.05, 0.1) is 0 Å². The van der Waals surface area contributed by atoms with Gasteiger partial charge in [0.1, 0.15) is 5.75 Å². The number of phenolic OH excluding ortho intramolecular Hbond substituents is 1. The van der Waals surface area contributed by atoms with Crippen molar-refractivity contribution in [1.29, 1.82) is 0 Å². The summed E-state index contributed by atoms with van der Waals surface area (Å²) in [5.74, 6) is 0.875. The molecule has 0 spiro atoms. The quantitative estimate of drug-likeness (QED) is 0.746. The van der Waals surface area contributed by atoms with Crippen LogP contribution in [0.3, 0.4) is 0 Å². The highest BCUT2D eigenvalue weighted by Crippen LogP contribution is 2.41. The summed E-state index contributed by atoms with van der Waals surface area (Å²) in [5.41, 5.74) is 13.3. The molecule has 1 heterocycles. The van der Waals surface area contributed by atoms with Crippen molar-refractivity contribution in [3.05, 3.63) is 23.3 Å². The fourth-order valence-corrected chi connectivity index (χ4v) is 2.45. The topological polar surface area (TPSA) is 111 Å². The van der Waals surface area contributed by atoms with Crippen LogP contribution in [0.4, 0.5) is 11.9 Å². The molecule has 0 unspecified atom stereocenters. The minimum atomic E-state index is -0.232. The predicted molar refractivity (Wildman–Crippen MR) is 93.2 cm³/mol. The fraction of sp³-hybridized carbons (Fsp3) is 0.471. The Bertz CT molecular complexity index is 686. The Kier molecular flexibility index (Phi) is 3.96. The number of benzene rings is 1. The molecule has 0 fully saturated rings. The molecule has 1 aromatic heterocycles. The van der Waals surface area contributed by atoms with Gasteiger partial charge in [0.25, 0.3) is 0 Å². The van der Waals surface area contributed by atoms with Crippen LogP contribution in [0.5, 0.6) is 5.75 Å². The smallest absolute Gasteiger partial charge is 0.225 e. The van der Waals surface area contributed by atoms with Gasteiger partial charge in [0.15, 0.2) is 5.82 Å². The van der Waals surface area contributed by atoms with E-state index >= 15 is 0 Å². The van der Waals surface area contributed by atoms with Gasteiger partial charge < -0.3 is 16.6 Å². The van der Waals surface area contributed by atoms with Gasteiger partial charge in [-0.2, -0.15) is 15.0 Å². The van der Waals surface area contributed by atoms with Crippen LogP contribution in [-0.4, -0.2) is 20.1 Å². The zero-order valence-corrected chi connectivity index (χ0v) is 14.6. The van der Waals surface area contributed by atoms with Gasteiger partial charge in [-0.3, -0.25) is 0 Å². The first-order valence-electron chi connectivity index (χ1n) is 7.55. The number of aromatic hydroxyl groups is 1. The maximum Gasteiger partial charge on any atom is 0.225 e. The molecule has 5 N–H and O–H groups in total. The second-order valence-electron chi connectivity index (χ2n) is 7.80. The summed E-state index contributed by atoms with van der Waals surface area (Å²) < 4.78 is 0. The molecule has 0 aliphatic carbocycles. The fourth-order valence-electron chi connectivity index (χ4n) is 2.45. The lowest BCUT2D eigenvalue weighted by molar-refractivity contribution is 0.423. The molecule has 0 amide bonds. The number of anilines is 2. The Morgan fingerprint density at radius 2 is 1.17 bits per heavy atom. The van der Waals surface area contributed by atoms with Crippen LogP contribution in [0.25, 0.3) is 11.4 Å². The van der Waals surface area contributed by atoms with E-state index in [0.29, 0.717) is 11.6 Å². The number of nitrogens with zero attached hydrogens (tertiary/aromatic N) is 3. The van der Waals surface area contributed by atoms with Crippen molar-refractivity contribution in [2.45, 2.75) is 52.4 Å². The van der Waals surface area contributed by atoms with E-state index in [4.69, 9.17) is 11.5 Å². The number of rotatable bonds is 1. The average Bonchev–Trinajstić information content (AvgIpc) is 2.34. The standard InChI is InChI=1S/C17H25N5O/c1-16(2,3)10-7-9(8-11(12(10)23)17(4,5)6)13-20-14(18)22-15(19)21-13/h7-8,23H,1-6H3,(H4,18,19,20,21,22). The van der Waals surface area contributed by atoms with E-state index in [-0.39, 0.29) is 22.7 Å². The maximum absolute atomic E-state index is 10.7. The Hall–Kier alpha value is -2.37. The molecule has 2 aromatic rings. The second kappa shape index (κ2) is 5.37. The summed E-state index contributed by atoms with van der Waals surface area (Å²) in [6.45, 7) is 12.3. The number of nitrogen functional groups attached to an aromatic ring is 2. The number of hydrogen-bond acceptors (Lipinski definition) is 6. The van der Waals surface area contributed by atoms with Gasteiger partial charge in [-0.25, -0.2) is 0 Å². The van der Waals surface area contributed by atoms with Crippen molar-refractivity contribution in [2.75, 3.05) is 11.5 Å². The number of aromatic nitrogens is 3. The predicted octanol–water partition coefficient (Wildman–Crippen LogP) is 3.00. The largest absolute Gasteiger partial charge is 0.507 e. The average molecular weight is 315 g/mol. The van der Waals surface area contributed by atoms with E-state index in [9.17, 15) is 5.11 Å². The Balaban J connectivity index is 2.79. The molecule has 0 aliphatic rings. The van der Waals surface area contributed by atoms with Crippen LogP contribution >= 0.6 is 0 Å². The molecule has 23 heavy (non-hydrogen) atoms. The molecule has 0 bridgehead atoms. The molecule has 6 nitrogen and oxygen atoms in total. The Morgan fingerprint density at radius 3 is 1.52 bits per heavy atom. The number of phenols is 1. The zero-order chi connectivity index (χ0) is 17.6. The first-order chi connectivity index (χ1) is 10.4. The van der Waals surface area contributed by atoms with Crippen LogP contribution in [0.15, 0.2) is 12.1 Å². The van der Waals surface area contributed by atoms with Gasteiger partial charge in [0, 0.05) is 16.7 Å². The first-order valence-corrected chi connectivity index (χ1v) is 7.55. The van der Waals surface area contributed by atoms with Crippen LogP contribution in [-0.2, 0) is 10.8 Å². The molecule has 124 valence electrons. The van der Waals surface area contributed by atoms with E-state index in [2.05, 4.69) is 56.5 Å². The van der Waals surface area contributed by atoms with Crippen LogP contribution in [0.1, 0.15) is 52.7 Å². The highest BCUT2D eigenvalue weighted by atomic mass is 16.3. The maximum atomic E-state index is 10.7. The summed E-state index contributed by atoms with van der Waals surface area (Å²) in [7, 11) is 0. The lowest BCUT2D eigenvalue weighted by Crippen LogP contribution is -2.17. The van der Waals surface area contributed by atoms with Gasteiger partial charge in [0.2, 0.25) is 11.9 Å². The third kappa shape index (κ3) is 3.52. The summed E-state index contributed by atoms with van der Waals surface area (Å²) in [6.07, 6.45) is 0. The van der Waals surface area contributed by atoms with Crippen LogP contribution in [0.2, 0.25) is 0 Å². The lowest BCUT2D eigenvalue weighted by atomic mass is 9.78. The van der Waals surface area contributed by atoms with E-state index in [1.54, 1.807) is 0 Å². The molecule has 0 saturated heterocycles. The minimum absolute atomic E-state index is 0.0789. The van der Waals surface area contributed by atoms with Crippen LogP contribution < -0.4 is 11.5 Å². The summed E-state index contributed by atoms with van der Waals surface area (Å²) >= 11 is 0. The van der Waals surface area contributed by atoms with Gasteiger partial charge in [-0.1, -0.05) is 41.5 Å². The summed E-state index contributed by atoms with van der Waals surface area (Å²) in [5, 5.41) is 10.7. The lowest BCUT2D eigenvalue weighted by Gasteiger charge is -2.28. The SMILES string of the molecule is CC(C)(C)c1cc(-c2nc(N)nc(N)n2)cc(C(C)(C)C)c1O. The van der Waals surface area contributed by atoms with Crippen LogP contribution in [0, 0.1) is 0 Å². The number of hydrogen-bond donors (Lipinski definition) is 3. The zero-order valence-electron chi connectivity index (χ0n) is 14.6. The second-order valence-corrected chi connectivity index (χ2v) is 7.80. The molecule has 6 heteroatoms. The number of nitrogens with two attached hydrogens (primary N) is 2. The minimum Gasteiger partial charge on any atom is -0.507 e. The molecule has 0 aliphatic heterocycles. The molecule has 1 aromatic carbocycles. The first kappa shape index (κ1) is 17.0. The van der Waals surface area contributed by atoms with Gasteiger partial charge in [-0.05, 0) is 23.0 Å². The Morgan fingerprint density at radius 1 is 0.783 bits per heavy atom. The van der Waals surface area contributed by atoms with Crippen molar-refractivity contribution < 1.29 is 5.11 Å². The summed E-state index contributed by atoms with van der Waals surface area (Å²) in [4.78, 5) is 12.2. The monoisotopic (exact) mass is 315 g/mol. The summed E-state index contributed by atoms with van der Waals surface area (Å²) in [6, 6.07) is 3.78. The Labute approximate surface area is 137 Å². The third-order valence-corrected chi connectivity index (χ3v) is 3.65.